The van der Waals surface area contributed by atoms with Crippen LogP contribution in [0.4, 0.5) is 0 Å². The molecule has 15 heavy (non-hydrogen) atoms. The van der Waals surface area contributed by atoms with Crippen molar-refractivity contribution < 1.29 is 14.3 Å². The standard InChI is InChI=1S/C12H16O3/c1-7-5-8-3-4-10-12(8,15-10)9(6-7)11(13)14-2/h6-8,10H,3-5H2,1-2H3/t7-,8+,10-,12-/m1/s1. The van der Waals surface area contributed by atoms with Crippen LogP contribution in [0.5, 0.6) is 0 Å². The van der Waals surface area contributed by atoms with Crippen molar-refractivity contribution >= 4 is 5.97 Å². The third-order valence-electron chi connectivity index (χ3n) is 4.08. The number of ether oxygens (including phenoxy) is 2. The van der Waals surface area contributed by atoms with Crippen LogP contribution in [0.2, 0.25) is 0 Å². The molecule has 0 radical (unpaired) electrons. The first-order chi connectivity index (χ1) is 7.18. The van der Waals surface area contributed by atoms with Crippen LogP contribution in [0.3, 0.4) is 0 Å². The Morgan fingerprint density at radius 3 is 3.07 bits per heavy atom. The molecule has 3 nitrogen and oxygen atoms in total. The van der Waals surface area contributed by atoms with E-state index in [2.05, 4.69) is 6.92 Å². The van der Waals surface area contributed by atoms with E-state index in [9.17, 15) is 4.79 Å². The number of hydrogen-bond acceptors (Lipinski definition) is 3. The number of hydrogen-bond donors (Lipinski definition) is 0. The van der Waals surface area contributed by atoms with Crippen LogP contribution in [0, 0.1) is 11.8 Å². The molecule has 0 bridgehead atoms. The minimum absolute atomic E-state index is 0.198. The van der Waals surface area contributed by atoms with Gasteiger partial charge < -0.3 is 9.47 Å². The average molecular weight is 208 g/mol. The van der Waals surface area contributed by atoms with Crippen LogP contribution in [-0.4, -0.2) is 24.8 Å². The summed E-state index contributed by atoms with van der Waals surface area (Å²) in [5.41, 5.74) is 0.552. The van der Waals surface area contributed by atoms with Gasteiger partial charge in [0.15, 0.2) is 0 Å². The fourth-order valence-corrected chi connectivity index (χ4v) is 3.42. The van der Waals surface area contributed by atoms with Gasteiger partial charge in [-0.2, -0.15) is 0 Å². The summed E-state index contributed by atoms with van der Waals surface area (Å²) in [4.78, 5) is 11.7. The highest BCUT2D eigenvalue weighted by molar-refractivity contribution is 5.92. The van der Waals surface area contributed by atoms with Gasteiger partial charge in [-0.05, 0) is 31.1 Å². The van der Waals surface area contributed by atoms with Crippen LogP contribution in [-0.2, 0) is 14.3 Å². The molecule has 1 saturated carbocycles. The fraction of sp³-hybridized carbons (Fsp3) is 0.750. The quantitative estimate of drug-likeness (QED) is 0.486. The molecule has 0 aromatic rings. The summed E-state index contributed by atoms with van der Waals surface area (Å²) < 4.78 is 10.6. The lowest BCUT2D eigenvalue weighted by Gasteiger charge is -2.29. The Morgan fingerprint density at radius 1 is 1.60 bits per heavy atom. The van der Waals surface area contributed by atoms with Gasteiger partial charge in [0.05, 0.1) is 18.8 Å². The molecule has 2 fully saturated rings. The monoisotopic (exact) mass is 208 g/mol. The van der Waals surface area contributed by atoms with Crippen molar-refractivity contribution in [1.82, 2.24) is 0 Å². The molecule has 3 rings (SSSR count). The molecule has 4 atom stereocenters. The van der Waals surface area contributed by atoms with Gasteiger partial charge in [-0.25, -0.2) is 4.79 Å². The molecule has 1 saturated heterocycles. The molecule has 0 amide bonds. The first kappa shape index (κ1) is 9.40. The van der Waals surface area contributed by atoms with E-state index in [0.717, 1.165) is 18.4 Å². The summed E-state index contributed by atoms with van der Waals surface area (Å²) in [5, 5.41) is 0. The van der Waals surface area contributed by atoms with Gasteiger partial charge in [0.1, 0.15) is 5.60 Å². The largest absolute Gasteiger partial charge is 0.466 e. The van der Waals surface area contributed by atoms with Crippen LogP contribution in [0.1, 0.15) is 26.2 Å². The molecule has 0 N–H and O–H groups in total. The van der Waals surface area contributed by atoms with E-state index in [1.54, 1.807) is 0 Å². The van der Waals surface area contributed by atoms with Gasteiger partial charge in [-0.3, -0.25) is 0 Å². The molecule has 3 aliphatic rings. The maximum absolute atomic E-state index is 11.7. The Labute approximate surface area is 89.4 Å². The van der Waals surface area contributed by atoms with Crippen molar-refractivity contribution in [1.29, 1.82) is 0 Å². The molecule has 1 spiro atoms. The predicted molar refractivity (Wildman–Crippen MR) is 54.2 cm³/mol. The predicted octanol–water partition coefficient (Wildman–Crippen LogP) is 1.67. The highest BCUT2D eigenvalue weighted by Crippen LogP contribution is 2.61. The zero-order valence-corrected chi connectivity index (χ0v) is 9.16. The van der Waals surface area contributed by atoms with Gasteiger partial charge in [0.2, 0.25) is 0 Å². The second kappa shape index (κ2) is 2.85. The SMILES string of the molecule is COC(=O)C1=C[C@H](C)C[C@@H]2CC[C@H]3O[C@@]123. The molecular formula is C12H16O3. The van der Waals surface area contributed by atoms with Gasteiger partial charge in [0.25, 0.3) is 0 Å². The molecule has 1 heterocycles. The smallest absolute Gasteiger partial charge is 0.336 e. The third kappa shape index (κ3) is 1.07. The molecule has 0 aromatic heterocycles. The Hall–Kier alpha value is -0.830. The third-order valence-corrected chi connectivity index (χ3v) is 4.08. The minimum Gasteiger partial charge on any atom is -0.466 e. The van der Waals surface area contributed by atoms with Crippen LogP contribution in [0.25, 0.3) is 0 Å². The first-order valence-electron chi connectivity index (χ1n) is 5.67. The van der Waals surface area contributed by atoms with Crippen molar-refractivity contribution in [2.24, 2.45) is 11.8 Å². The van der Waals surface area contributed by atoms with Crippen molar-refractivity contribution in [3.63, 3.8) is 0 Å². The summed E-state index contributed by atoms with van der Waals surface area (Å²) >= 11 is 0. The molecule has 2 aliphatic carbocycles. The zero-order chi connectivity index (χ0) is 10.6. The molecule has 0 aromatic carbocycles. The van der Waals surface area contributed by atoms with E-state index in [4.69, 9.17) is 9.47 Å². The Morgan fingerprint density at radius 2 is 2.40 bits per heavy atom. The number of allylic oxidation sites excluding steroid dienone is 1. The molecule has 0 unspecified atom stereocenters. The number of carbonyl (C=O) groups excluding carboxylic acids is 1. The lowest BCUT2D eigenvalue weighted by molar-refractivity contribution is -0.137. The van der Waals surface area contributed by atoms with Crippen molar-refractivity contribution in [2.75, 3.05) is 7.11 Å². The van der Waals surface area contributed by atoms with E-state index in [1.807, 2.05) is 6.08 Å². The number of methoxy groups -OCH3 is 1. The van der Waals surface area contributed by atoms with Gasteiger partial charge in [-0.1, -0.05) is 13.0 Å². The number of rotatable bonds is 1. The Balaban J connectivity index is 2.00. The summed E-state index contributed by atoms with van der Waals surface area (Å²) in [6.07, 6.45) is 5.79. The van der Waals surface area contributed by atoms with Crippen LogP contribution in [0.15, 0.2) is 11.6 Å². The van der Waals surface area contributed by atoms with Gasteiger partial charge >= 0.3 is 5.97 Å². The Bertz CT molecular complexity index is 347. The highest BCUT2D eigenvalue weighted by atomic mass is 16.6. The summed E-state index contributed by atoms with van der Waals surface area (Å²) in [5.74, 6) is 0.810. The van der Waals surface area contributed by atoms with E-state index in [1.165, 1.54) is 13.5 Å². The zero-order valence-electron chi connectivity index (χ0n) is 9.16. The lowest BCUT2D eigenvalue weighted by atomic mass is 9.75. The van der Waals surface area contributed by atoms with Crippen molar-refractivity contribution in [2.45, 2.75) is 37.9 Å². The highest BCUT2D eigenvalue weighted by Gasteiger charge is 2.69. The summed E-state index contributed by atoms with van der Waals surface area (Å²) in [6.45, 7) is 2.16. The normalized spacial score (nSPS) is 46.5. The molecule has 3 heteroatoms. The van der Waals surface area contributed by atoms with E-state index >= 15 is 0 Å². The number of esters is 1. The first-order valence-corrected chi connectivity index (χ1v) is 5.67. The molecular weight excluding hydrogens is 192 g/mol. The van der Waals surface area contributed by atoms with Gasteiger partial charge in [-0.15, -0.1) is 0 Å². The minimum atomic E-state index is -0.237. The van der Waals surface area contributed by atoms with E-state index < -0.39 is 0 Å². The second-order valence-corrected chi connectivity index (χ2v) is 4.96. The van der Waals surface area contributed by atoms with Crippen LogP contribution < -0.4 is 0 Å². The fourth-order valence-electron chi connectivity index (χ4n) is 3.42. The maximum Gasteiger partial charge on any atom is 0.336 e. The molecule has 82 valence electrons. The Kier molecular flexibility index (Phi) is 1.78. The topological polar surface area (TPSA) is 38.8 Å². The molecule has 1 aliphatic heterocycles. The second-order valence-electron chi connectivity index (χ2n) is 4.96. The number of epoxide rings is 1. The van der Waals surface area contributed by atoms with Crippen molar-refractivity contribution in [3.05, 3.63) is 11.6 Å². The van der Waals surface area contributed by atoms with Crippen molar-refractivity contribution in [3.8, 4) is 0 Å². The summed E-state index contributed by atoms with van der Waals surface area (Å²) in [6, 6.07) is 0. The lowest BCUT2D eigenvalue weighted by Crippen LogP contribution is -2.34. The van der Waals surface area contributed by atoms with Gasteiger partial charge in [0, 0.05) is 0 Å². The van der Waals surface area contributed by atoms with E-state index in [0.29, 0.717) is 17.9 Å². The average Bonchev–Trinajstić information content (AvgIpc) is 2.85. The van der Waals surface area contributed by atoms with E-state index in [-0.39, 0.29) is 11.6 Å². The maximum atomic E-state index is 11.7. The summed E-state index contributed by atoms with van der Waals surface area (Å²) in [7, 11) is 1.44. The van der Waals surface area contributed by atoms with Crippen LogP contribution >= 0.6 is 0 Å². The number of carbonyl (C=O) groups is 1.